The molecule has 0 fully saturated rings. The highest BCUT2D eigenvalue weighted by Crippen LogP contribution is 2.14. The molecule has 0 aliphatic rings. The van der Waals surface area contributed by atoms with Gasteiger partial charge in [0.2, 0.25) is 5.91 Å². The van der Waals surface area contributed by atoms with Crippen molar-refractivity contribution in [1.29, 1.82) is 0 Å². The molecule has 3 N–H and O–H groups in total. The van der Waals surface area contributed by atoms with E-state index in [2.05, 4.69) is 27.3 Å². The van der Waals surface area contributed by atoms with Crippen LogP contribution in [0.15, 0.2) is 67.3 Å². The van der Waals surface area contributed by atoms with Crippen molar-refractivity contribution in [2.45, 2.75) is 0 Å². The Morgan fingerprint density at radius 1 is 0.964 bits per heavy atom. The van der Waals surface area contributed by atoms with Crippen molar-refractivity contribution in [3.63, 3.8) is 0 Å². The second-order valence-electron chi connectivity index (χ2n) is 5.64. The topological polar surface area (TPSA) is 96.5 Å². The number of carbonyl (C=O) groups excluding carboxylic acids is 3. The van der Waals surface area contributed by atoms with Gasteiger partial charge in [-0.3, -0.25) is 4.79 Å². The summed E-state index contributed by atoms with van der Waals surface area (Å²) in [4.78, 5) is 35.0. The molecule has 0 aromatic heterocycles. The number of urea groups is 1. The summed E-state index contributed by atoms with van der Waals surface area (Å²) in [5.41, 5.74) is 2.40. The number of rotatable bonds is 7. The molecule has 0 aliphatic carbocycles. The van der Waals surface area contributed by atoms with Gasteiger partial charge in [0, 0.05) is 24.0 Å². The van der Waals surface area contributed by atoms with E-state index in [0.29, 0.717) is 23.5 Å². The fourth-order valence-corrected chi connectivity index (χ4v) is 2.18. The number of hydrogen-bond donors (Lipinski definition) is 3. The fraction of sp³-hybridized carbons (Fsp3) is 0.0952. The van der Waals surface area contributed by atoms with Crippen LogP contribution < -0.4 is 16.0 Å². The molecule has 0 radical (unpaired) electrons. The van der Waals surface area contributed by atoms with E-state index in [9.17, 15) is 14.4 Å². The minimum Gasteiger partial charge on any atom is -0.465 e. The summed E-state index contributed by atoms with van der Waals surface area (Å²) in [5.74, 6) is -0.717. The number of ether oxygens (including phenoxy) is 1. The van der Waals surface area contributed by atoms with Gasteiger partial charge in [0.05, 0.1) is 12.7 Å². The molecule has 0 aliphatic heterocycles. The van der Waals surface area contributed by atoms with E-state index in [1.165, 1.54) is 13.2 Å². The zero-order valence-corrected chi connectivity index (χ0v) is 15.4. The number of carbonyl (C=O) groups is 3. The first-order chi connectivity index (χ1) is 13.5. The molecule has 0 unspecified atom stereocenters. The lowest BCUT2D eigenvalue weighted by molar-refractivity contribution is -0.111. The second kappa shape index (κ2) is 10.3. The minimum atomic E-state index is -0.413. The van der Waals surface area contributed by atoms with Crippen molar-refractivity contribution in [2.75, 3.05) is 24.3 Å². The fourth-order valence-electron chi connectivity index (χ4n) is 2.18. The quantitative estimate of drug-likeness (QED) is 0.390. The van der Waals surface area contributed by atoms with Gasteiger partial charge in [-0.05, 0) is 48.0 Å². The highest BCUT2D eigenvalue weighted by atomic mass is 16.5. The molecule has 0 bridgehead atoms. The van der Waals surface area contributed by atoms with Crippen LogP contribution in [0.25, 0.3) is 6.08 Å². The first kappa shape index (κ1) is 20.4. The third-order valence-electron chi connectivity index (χ3n) is 3.58. The van der Waals surface area contributed by atoms with Crippen LogP contribution in [0.3, 0.4) is 0 Å². The molecule has 0 heterocycles. The predicted molar refractivity (Wildman–Crippen MR) is 109 cm³/mol. The highest BCUT2D eigenvalue weighted by molar-refractivity contribution is 6.02. The summed E-state index contributed by atoms with van der Waals surface area (Å²) in [5, 5.41) is 7.99. The maximum absolute atomic E-state index is 12.0. The average Bonchev–Trinajstić information content (AvgIpc) is 2.72. The Bertz CT molecular complexity index is 872. The van der Waals surface area contributed by atoms with Crippen molar-refractivity contribution in [2.24, 2.45) is 0 Å². The molecular weight excluding hydrogens is 358 g/mol. The lowest BCUT2D eigenvalue weighted by Gasteiger charge is -2.07. The normalized spacial score (nSPS) is 10.2. The maximum atomic E-state index is 12.0. The van der Waals surface area contributed by atoms with Crippen molar-refractivity contribution in [3.05, 3.63) is 78.4 Å². The smallest absolute Gasteiger partial charge is 0.337 e. The van der Waals surface area contributed by atoms with E-state index in [0.717, 1.165) is 5.56 Å². The van der Waals surface area contributed by atoms with Gasteiger partial charge in [-0.2, -0.15) is 0 Å². The van der Waals surface area contributed by atoms with Gasteiger partial charge in [0.25, 0.3) is 0 Å². The molecule has 144 valence electrons. The number of amides is 3. The summed E-state index contributed by atoms with van der Waals surface area (Å²) in [7, 11) is 1.32. The van der Waals surface area contributed by atoms with Crippen LogP contribution in [-0.2, 0) is 9.53 Å². The van der Waals surface area contributed by atoms with Crippen LogP contribution >= 0.6 is 0 Å². The number of hydrogen-bond acceptors (Lipinski definition) is 4. The van der Waals surface area contributed by atoms with Crippen LogP contribution in [0.5, 0.6) is 0 Å². The third-order valence-corrected chi connectivity index (χ3v) is 3.58. The SMILES string of the molecule is C=CCNC(=O)Nc1ccc(NC(=O)/C=C/c2ccc(C(=O)OC)cc2)cc1. The van der Waals surface area contributed by atoms with E-state index in [1.807, 2.05) is 0 Å². The van der Waals surface area contributed by atoms with Crippen molar-refractivity contribution >= 4 is 35.4 Å². The molecule has 2 aromatic carbocycles. The van der Waals surface area contributed by atoms with E-state index in [4.69, 9.17) is 0 Å². The molecule has 7 heteroatoms. The Kier molecular flexibility index (Phi) is 7.53. The molecule has 0 spiro atoms. The lowest BCUT2D eigenvalue weighted by atomic mass is 10.1. The zero-order valence-electron chi connectivity index (χ0n) is 15.4. The zero-order chi connectivity index (χ0) is 20.4. The summed E-state index contributed by atoms with van der Waals surface area (Å²) in [6.45, 7) is 3.89. The van der Waals surface area contributed by atoms with Gasteiger partial charge in [-0.25, -0.2) is 9.59 Å². The number of anilines is 2. The summed E-state index contributed by atoms with van der Waals surface area (Å²) in [6, 6.07) is 13.1. The Morgan fingerprint density at radius 2 is 1.57 bits per heavy atom. The molecule has 2 aromatic rings. The Balaban J connectivity index is 1.88. The second-order valence-corrected chi connectivity index (χ2v) is 5.64. The molecule has 0 saturated carbocycles. The van der Waals surface area contributed by atoms with Crippen molar-refractivity contribution in [3.8, 4) is 0 Å². The largest absolute Gasteiger partial charge is 0.465 e. The van der Waals surface area contributed by atoms with Gasteiger partial charge in [-0.15, -0.1) is 6.58 Å². The Labute approximate surface area is 163 Å². The van der Waals surface area contributed by atoms with Gasteiger partial charge >= 0.3 is 12.0 Å². The predicted octanol–water partition coefficient (Wildman–Crippen LogP) is 3.43. The molecular formula is C21H21N3O4. The Hall–Kier alpha value is -3.87. The molecule has 2 rings (SSSR count). The molecule has 3 amide bonds. The van der Waals surface area contributed by atoms with Gasteiger partial charge in [-0.1, -0.05) is 18.2 Å². The highest BCUT2D eigenvalue weighted by Gasteiger charge is 2.04. The van der Waals surface area contributed by atoms with Crippen LogP contribution in [0.1, 0.15) is 15.9 Å². The van der Waals surface area contributed by atoms with Crippen LogP contribution in [0, 0.1) is 0 Å². The van der Waals surface area contributed by atoms with Gasteiger partial charge in [0.15, 0.2) is 0 Å². The number of methoxy groups -OCH3 is 1. The molecule has 0 atom stereocenters. The lowest BCUT2D eigenvalue weighted by Crippen LogP contribution is -2.28. The average molecular weight is 379 g/mol. The summed E-state index contributed by atoms with van der Waals surface area (Å²) in [6.07, 6.45) is 4.61. The van der Waals surface area contributed by atoms with Crippen molar-refractivity contribution in [1.82, 2.24) is 5.32 Å². The van der Waals surface area contributed by atoms with E-state index in [-0.39, 0.29) is 11.9 Å². The van der Waals surface area contributed by atoms with Crippen LogP contribution in [0.4, 0.5) is 16.2 Å². The monoisotopic (exact) mass is 379 g/mol. The molecule has 0 saturated heterocycles. The van der Waals surface area contributed by atoms with E-state index in [1.54, 1.807) is 60.7 Å². The van der Waals surface area contributed by atoms with Crippen LogP contribution in [0.2, 0.25) is 0 Å². The first-order valence-corrected chi connectivity index (χ1v) is 8.45. The first-order valence-electron chi connectivity index (χ1n) is 8.45. The standard InChI is InChI=1S/C21H21N3O4/c1-3-14-22-21(27)24-18-11-9-17(10-12-18)23-19(25)13-6-15-4-7-16(8-5-15)20(26)28-2/h3-13H,1,14H2,2H3,(H,23,25)(H2,22,24,27)/b13-6+. The summed E-state index contributed by atoms with van der Waals surface area (Å²) < 4.78 is 4.64. The van der Waals surface area contributed by atoms with E-state index >= 15 is 0 Å². The molecule has 7 nitrogen and oxygen atoms in total. The Morgan fingerprint density at radius 3 is 2.14 bits per heavy atom. The molecule has 28 heavy (non-hydrogen) atoms. The summed E-state index contributed by atoms with van der Waals surface area (Å²) >= 11 is 0. The van der Waals surface area contributed by atoms with Gasteiger partial charge < -0.3 is 20.7 Å². The van der Waals surface area contributed by atoms with Gasteiger partial charge in [0.1, 0.15) is 0 Å². The number of esters is 1. The number of nitrogens with one attached hydrogen (secondary N) is 3. The maximum Gasteiger partial charge on any atom is 0.337 e. The minimum absolute atomic E-state index is 0.304. The third kappa shape index (κ3) is 6.45. The van der Waals surface area contributed by atoms with Crippen molar-refractivity contribution < 1.29 is 19.1 Å². The van der Waals surface area contributed by atoms with Crippen LogP contribution in [-0.4, -0.2) is 31.6 Å². The van der Waals surface area contributed by atoms with E-state index < -0.39 is 5.97 Å². The number of benzene rings is 2.